The summed E-state index contributed by atoms with van der Waals surface area (Å²) in [7, 11) is 0. The first-order valence-electron chi connectivity index (χ1n) is 6.13. The molecule has 0 spiro atoms. The van der Waals surface area contributed by atoms with Crippen molar-refractivity contribution in [3.05, 3.63) is 34.9 Å². The Hall–Kier alpha value is -1.26. The topological polar surface area (TPSA) is 69.6 Å². The lowest BCUT2D eigenvalue weighted by molar-refractivity contribution is 0.114. The predicted molar refractivity (Wildman–Crippen MR) is 75.4 cm³/mol. The van der Waals surface area contributed by atoms with Crippen molar-refractivity contribution in [1.29, 1.82) is 0 Å². The fourth-order valence-corrected chi connectivity index (χ4v) is 2.05. The van der Waals surface area contributed by atoms with Crippen LogP contribution in [0.5, 0.6) is 0 Å². The summed E-state index contributed by atoms with van der Waals surface area (Å²) in [5, 5.41) is 22.1. The number of carboxylic acid groups (broad SMARTS) is 1. The quantitative estimate of drug-likeness (QED) is 0.793. The van der Waals surface area contributed by atoms with E-state index in [9.17, 15) is 9.90 Å². The zero-order valence-electron chi connectivity index (χ0n) is 11.4. The lowest BCUT2D eigenvalue weighted by atomic mass is 9.82. The molecule has 1 rings (SSSR count). The van der Waals surface area contributed by atoms with Crippen LogP contribution in [-0.2, 0) is 0 Å². The van der Waals surface area contributed by atoms with Gasteiger partial charge in [-0.25, -0.2) is 4.79 Å². The summed E-state index contributed by atoms with van der Waals surface area (Å²) in [6.07, 6.45) is -1.54. The number of rotatable bonds is 4. The lowest BCUT2D eigenvalue weighted by Gasteiger charge is -2.32. The summed E-state index contributed by atoms with van der Waals surface area (Å²) in [6.45, 7) is 5.79. The maximum Gasteiger partial charge on any atom is 0.404 e. The molecule has 0 saturated carbocycles. The zero-order chi connectivity index (χ0) is 14.6. The van der Waals surface area contributed by atoms with Gasteiger partial charge in [0.15, 0.2) is 0 Å². The van der Waals surface area contributed by atoms with Crippen LogP contribution in [0, 0.1) is 5.41 Å². The molecular formula is C14H20ClNO3. The van der Waals surface area contributed by atoms with Crippen molar-refractivity contribution in [2.24, 2.45) is 5.41 Å². The molecule has 0 aliphatic carbocycles. The van der Waals surface area contributed by atoms with E-state index >= 15 is 0 Å². The summed E-state index contributed by atoms with van der Waals surface area (Å²) < 4.78 is 0. The smallest absolute Gasteiger partial charge is 0.404 e. The molecule has 0 saturated heterocycles. The Balaban J connectivity index is 2.81. The van der Waals surface area contributed by atoms with Gasteiger partial charge in [-0.15, -0.1) is 0 Å². The van der Waals surface area contributed by atoms with Gasteiger partial charge in [-0.2, -0.15) is 0 Å². The van der Waals surface area contributed by atoms with Crippen molar-refractivity contribution in [3.63, 3.8) is 0 Å². The third-order valence-corrected chi connectivity index (χ3v) is 3.27. The molecule has 0 aliphatic heterocycles. The van der Waals surface area contributed by atoms with Crippen molar-refractivity contribution in [1.82, 2.24) is 5.32 Å². The minimum atomic E-state index is -1.08. The SMILES string of the molecule is CC(C)(C)C(CC(O)c1cccc(Cl)c1)NC(=O)O. The van der Waals surface area contributed by atoms with E-state index in [1.165, 1.54) is 0 Å². The number of nitrogens with one attached hydrogen (secondary N) is 1. The van der Waals surface area contributed by atoms with Crippen LogP contribution in [0.4, 0.5) is 4.79 Å². The van der Waals surface area contributed by atoms with Gasteiger partial charge in [0.1, 0.15) is 0 Å². The molecule has 4 nitrogen and oxygen atoms in total. The first-order chi connectivity index (χ1) is 8.70. The summed E-state index contributed by atoms with van der Waals surface area (Å²) in [6, 6.07) is 6.61. The van der Waals surface area contributed by atoms with E-state index in [4.69, 9.17) is 16.7 Å². The maximum absolute atomic E-state index is 10.8. The Morgan fingerprint density at radius 2 is 2.05 bits per heavy atom. The van der Waals surface area contributed by atoms with Gasteiger partial charge < -0.3 is 15.5 Å². The van der Waals surface area contributed by atoms with E-state index in [0.717, 1.165) is 0 Å². The zero-order valence-corrected chi connectivity index (χ0v) is 12.1. The van der Waals surface area contributed by atoms with Crippen LogP contribution in [-0.4, -0.2) is 22.3 Å². The van der Waals surface area contributed by atoms with Crippen LogP contribution >= 0.6 is 11.6 Å². The minimum absolute atomic E-state index is 0.280. The van der Waals surface area contributed by atoms with E-state index in [2.05, 4.69) is 5.32 Å². The Kier molecular flexibility index (Phi) is 5.20. The van der Waals surface area contributed by atoms with Crippen LogP contribution < -0.4 is 5.32 Å². The molecule has 0 fully saturated rings. The average Bonchev–Trinajstić information content (AvgIpc) is 2.26. The molecule has 0 bridgehead atoms. The van der Waals surface area contributed by atoms with Crippen LogP contribution in [0.1, 0.15) is 38.9 Å². The van der Waals surface area contributed by atoms with Crippen molar-refractivity contribution >= 4 is 17.7 Å². The van der Waals surface area contributed by atoms with Crippen LogP contribution in [0.2, 0.25) is 5.02 Å². The molecule has 2 unspecified atom stereocenters. The number of amides is 1. The monoisotopic (exact) mass is 285 g/mol. The number of aliphatic hydroxyl groups is 1. The molecule has 0 aliphatic rings. The maximum atomic E-state index is 10.8. The van der Waals surface area contributed by atoms with Crippen molar-refractivity contribution in [2.45, 2.75) is 39.3 Å². The van der Waals surface area contributed by atoms with Gasteiger partial charge in [-0.3, -0.25) is 0 Å². The van der Waals surface area contributed by atoms with Gasteiger partial charge in [0, 0.05) is 11.1 Å². The van der Waals surface area contributed by atoms with Gasteiger partial charge in [-0.1, -0.05) is 44.5 Å². The molecule has 3 N–H and O–H groups in total. The highest BCUT2D eigenvalue weighted by atomic mass is 35.5. The number of hydrogen-bond acceptors (Lipinski definition) is 2. The molecule has 0 aromatic heterocycles. The van der Waals surface area contributed by atoms with Crippen LogP contribution in [0.25, 0.3) is 0 Å². The van der Waals surface area contributed by atoms with E-state index in [0.29, 0.717) is 17.0 Å². The summed E-state index contributed by atoms with van der Waals surface area (Å²) >= 11 is 5.88. The van der Waals surface area contributed by atoms with E-state index in [-0.39, 0.29) is 11.5 Å². The molecule has 106 valence electrons. The van der Waals surface area contributed by atoms with E-state index in [1.54, 1.807) is 24.3 Å². The Morgan fingerprint density at radius 1 is 1.42 bits per heavy atom. The highest BCUT2D eigenvalue weighted by Crippen LogP contribution is 2.29. The largest absolute Gasteiger partial charge is 0.465 e. The summed E-state index contributed by atoms with van der Waals surface area (Å²) in [5.74, 6) is 0. The number of carbonyl (C=O) groups is 1. The van der Waals surface area contributed by atoms with Gasteiger partial charge in [0.25, 0.3) is 0 Å². The highest BCUT2D eigenvalue weighted by Gasteiger charge is 2.28. The predicted octanol–water partition coefficient (Wildman–Crippen LogP) is 3.45. The molecule has 2 atom stereocenters. The van der Waals surface area contributed by atoms with Crippen LogP contribution in [0.15, 0.2) is 24.3 Å². The van der Waals surface area contributed by atoms with Gasteiger partial charge >= 0.3 is 6.09 Å². The molecular weight excluding hydrogens is 266 g/mol. The molecule has 1 aromatic carbocycles. The average molecular weight is 286 g/mol. The molecule has 0 heterocycles. The second-order valence-corrected chi connectivity index (χ2v) is 6.11. The van der Waals surface area contributed by atoms with Crippen molar-refractivity contribution < 1.29 is 15.0 Å². The molecule has 1 aromatic rings. The highest BCUT2D eigenvalue weighted by molar-refractivity contribution is 6.30. The second-order valence-electron chi connectivity index (χ2n) is 5.67. The third kappa shape index (κ3) is 5.09. The van der Waals surface area contributed by atoms with Gasteiger partial charge in [0.2, 0.25) is 0 Å². The molecule has 1 amide bonds. The van der Waals surface area contributed by atoms with E-state index < -0.39 is 12.2 Å². The number of hydrogen-bond donors (Lipinski definition) is 3. The van der Waals surface area contributed by atoms with Crippen molar-refractivity contribution in [3.8, 4) is 0 Å². The van der Waals surface area contributed by atoms with Gasteiger partial charge in [0.05, 0.1) is 6.10 Å². The number of aliphatic hydroxyl groups excluding tert-OH is 1. The summed E-state index contributed by atoms with van der Waals surface area (Å²) in [5.41, 5.74) is 0.409. The standard InChI is InChI=1S/C14H20ClNO3/c1-14(2,3)12(16-13(18)19)8-11(17)9-5-4-6-10(15)7-9/h4-7,11-12,16-17H,8H2,1-3H3,(H,18,19). The second kappa shape index (κ2) is 6.26. The van der Waals surface area contributed by atoms with Crippen LogP contribution in [0.3, 0.4) is 0 Å². The molecule has 19 heavy (non-hydrogen) atoms. The lowest BCUT2D eigenvalue weighted by Crippen LogP contribution is -2.44. The molecule has 0 radical (unpaired) electrons. The first-order valence-corrected chi connectivity index (χ1v) is 6.51. The number of benzene rings is 1. The van der Waals surface area contributed by atoms with Gasteiger partial charge in [-0.05, 0) is 29.5 Å². The minimum Gasteiger partial charge on any atom is -0.465 e. The fraction of sp³-hybridized carbons (Fsp3) is 0.500. The Bertz CT molecular complexity index is 443. The first kappa shape index (κ1) is 15.8. The third-order valence-electron chi connectivity index (χ3n) is 3.04. The normalized spacial score (nSPS) is 14.8. The fourth-order valence-electron chi connectivity index (χ4n) is 1.85. The van der Waals surface area contributed by atoms with Crippen molar-refractivity contribution in [2.75, 3.05) is 0 Å². The molecule has 5 heteroatoms. The number of halogens is 1. The van der Waals surface area contributed by atoms with E-state index in [1.807, 2.05) is 20.8 Å². The Labute approximate surface area is 118 Å². The Morgan fingerprint density at radius 3 is 2.53 bits per heavy atom. The summed E-state index contributed by atoms with van der Waals surface area (Å²) in [4.78, 5) is 10.8.